The Balaban J connectivity index is 2.45. The number of aromatic carboxylic acids is 1. The minimum Gasteiger partial charge on any atom is -0.478 e. The number of rotatable bonds is 4. The van der Waals surface area contributed by atoms with Gasteiger partial charge in [-0.3, -0.25) is 4.68 Å². The Hall–Kier alpha value is -2.35. The van der Waals surface area contributed by atoms with Crippen LogP contribution in [0.3, 0.4) is 0 Å². The van der Waals surface area contributed by atoms with Gasteiger partial charge in [-0.2, -0.15) is 8.42 Å². The molecule has 1 aromatic carbocycles. The zero-order valence-corrected chi connectivity index (χ0v) is 10.3. The summed E-state index contributed by atoms with van der Waals surface area (Å²) in [4.78, 5) is 12.1. The molecule has 0 spiro atoms. The van der Waals surface area contributed by atoms with E-state index >= 15 is 0 Å². The van der Waals surface area contributed by atoms with Crippen molar-refractivity contribution in [3.63, 3.8) is 0 Å². The molecule has 0 fully saturated rings. The van der Waals surface area contributed by atoms with Gasteiger partial charge in [0.1, 0.15) is 10.7 Å². The van der Waals surface area contributed by atoms with Crippen LogP contribution >= 0.6 is 0 Å². The number of hydrogen-bond donors (Lipinski definition) is 2. The van der Waals surface area contributed by atoms with E-state index in [-0.39, 0.29) is 5.56 Å². The van der Waals surface area contributed by atoms with Crippen LogP contribution in [0.1, 0.15) is 10.4 Å². The standard InChI is InChI=1S/C11H9FN2O4S/c12-9-4-3-8(11(15)16)7-10(9)19(17,18)13-14-5-1-2-6-14/h1-7,13H,(H,15,16). The van der Waals surface area contributed by atoms with Gasteiger partial charge in [-0.25, -0.2) is 14.0 Å². The van der Waals surface area contributed by atoms with Crippen molar-refractivity contribution < 1.29 is 22.7 Å². The summed E-state index contributed by atoms with van der Waals surface area (Å²) in [6.07, 6.45) is 2.83. The maximum absolute atomic E-state index is 13.5. The van der Waals surface area contributed by atoms with Crippen molar-refractivity contribution >= 4 is 16.0 Å². The van der Waals surface area contributed by atoms with Gasteiger partial charge in [-0.1, -0.05) is 0 Å². The van der Waals surface area contributed by atoms with Gasteiger partial charge in [0.2, 0.25) is 0 Å². The van der Waals surface area contributed by atoms with Crippen LogP contribution in [-0.4, -0.2) is 24.2 Å². The predicted octanol–water partition coefficient (Wildman–Crippen LogP) is 1.26. The molecule has 1 aromatic heterocycles. The summed E-state index contributed by atoms with van der Waals surface area (Å²) in [5, 5.41) is 8.78. The third-order valence-corrected chi connectivity index (χ3v) is 3.64. The number of benzene rings is 1. The first-order valence-corrected chi connectivity index (χ1v) is 6.57. The highest BCUT2D eigenvalue weighted by atomic mass is 32.2. The first-order valence-electron chi connectivity index (χ1n) is 5.09. The van der Waals surface area contributed by atoms with Crippen LogP contribution in [0.15, 0.2) is 47.6 Å². The van der Waals surface area contributed by atoms with Gasteiger partial charge in [0.05, 0.1) is 5.56 Å². The lowest BCUT2D eigenvalue weighted by Crippen LogP contribution is -2.23. The Morgan fingerprint density at radius 1 is 1.26 bits per heavy atom. The van der Waals surface area contributed by atoms with Gasteiger partial charge in [0.25, 0.3) is 10.0 Å². The van der Waals surface area contributed by atoms with Crippen LogP contribution in [0.4, 0.5) is 4.39 Å². The van der Waals surface area contributed by atoms with E-state index < -0.39 is 26.7 Å². The Morgan fingerprint density at radius 2 is 1.89 bits per heavy atom. The number of nitrogens with zero attached hydrogens (tertiary/aromatic N) is 1. The predicted molar refractivity (Wildman–Crippen MR) is 64.3 cm³/mol. The summed E-state index contributed by atoms with van der Waals surface area (Å²) < 4.78 is 38.5. The molecule has 0 amide bonds. The van der Waals surface area contributed by atoms with Crippen LogP contribution in [0.5, 0.6) is 0 Å². The van der Waals surface area contributed by atoms with Gasteiger partial charge < -0.3 is 5.11 Å². The molecule has 2 N–H and O–H groups in total. The minimum absolute atomic E-state index is 0.311. The third-order valence-electron chi connectivity index (χ3n) is 2.30. The Kier molecular flexibility index (Phi) is 3.26. The van der Waals surface area contributed by atoms with Crippen LogP contribution in [0.2, 0.25) is 0 Å². The summed E-state index contributed by atoms with van der Waals surface area (Å²) in [7, 11) is -4.20. The Labute approximate surface area is 108 Å². The molecule has 0 saturated heterocycles. The second-order valence-corrected chi connectivity index (χ2v) is 5.26. The normalized spacial score (nSPS) is 11.2. The highest BCUT2D eigenvalue weighted by molar-refractivity contribution is 7.92. The van der Waals surface area contributed by atoms with Crippen molar-refractivity contribution in [3.8, 4) is 0 Å². The molecule has 1 heterocycles. The largest absolute Gasteiger partial charge is 0.478 e. The van der Waals surface area contributed by atoms with Gasteiger partial charge in [0.15, 0.2) is 0 Å². The molecular formula is C11H9FN2O4S. The molecule has 0 atom stereocenters. The molecule has 0 aliphatic carbocycles. The van der Waals surface area contributed by atoms with Crippen LogP contribution in [-0.2, 0) is 10.0 Å². The summed E-state index contributed by atoms with van der Waals surface area (Å²) in [5.74, 6) is -2.36. The van der Waals surface area contributed by atoms with E-state index in [1.807, 2.05) is 0 Å². The number of carboxylic acids is 1. The number of halogens is 1. The fourth-order valence-corrected chi connectivity index (χ4v) is 2.53. The average molecular weight is 284 g/mol. The lowest BCUT2D eigenvalue weighted by Gasteiger charge is -2.10. The second kappa shape index (κ2) is 4.73. The van der Waals surface area contributed by atoms with E-state index in [1.54, 1.807) is 12.1 Å². The molecule has 19 heavy (non-hydrogen) atoms. The fraction of sp³-hybridized carbons (Fsp3) is 0. The molecular weight excluding hydrogens is 275 g/mol. The lowest BCUT2D eigenvalue weighted by atomic mass is 10.2. The quantitative estimate of drug-likeness (QED) is 0.884. The Morgan fingerprint density at radius 3 is 2.47 bits per heavy atom. The van der Waals surface area contributed by atoms with Gasteiger partial charge in [-0.15, -0.1) is 0 Å². The van der Waals surface area contributed by atoms with Gasteiger partial charge in [-0.05, 0) is 30.3 Å². The van der Waals surface area contributed by atoms with Crippen molar-refractivity contribution in [2.45, 2.75) is 4.90 Å². The highest BCUT2D eigenvalue weighted by Crippen LogP contribution is 2.17. The SMILES string of the molecule is O=C(O)c1ccc(F)c(S(=O)(=O)Nn2cccc2)c1. The van der Waals surface area contributed by atoms with Gasteiger partial charge in [0, 0.05) is 12.4 Å². The third kappa shape index (κ3) is 2.74. The summed E-state index contributed by atoms with van der Waals surface area (Å²) >= 11 is 0. The van der Waals surface area contributed by atoms with E-state index in [2.05, 4.69) is 4.83 Å². The molecule has 2 aromatic rings. The first kappa shape index (κ1) is 13.1. The maximum Gasteiger partial charge on any atom is 0.335 e. The molecule has 2 rings (SSSR count). The maximum atomic E-state index is 13.5. The molecule has 0 aliphatic heterocycles. The lowest BCUT2D eigenvalue weighted by molar-refractivity contribution is 0.0696. The minimum atomic E-state index is -4.20. The number of carboxylic acid groups (broad SMARTS) is 1. The number of hydrogen-bond acceptors (Lipinski definition) is 3. The summed E-state index contributed by atoms with van der Waals surface area (Å²) in [6.45, 7) is 0. The van der Waals surface area contributed by atoms with Gasteiger partial charge >= 0.3 is 5.97 Å². The number of nitrogens with one attached hydrogen (secondary N) is 1. The number of sulfonamides is 1. The zero-order chi connectivity index (χ0) is 14.0. The highest BCUT2D eigenvalue weighted by Gasteiger charge is 2.21. The number of aromatic nitrogens is 1. The topological polar surface area (TPSA) is 88.4 Å². The summed E-state index contributed by atoms with van der Waals surface area (Å²) in [6, 6.07) is 5.71. The van der Waals surface area contributed by atoms with Crippen molar-refractivity contribution in [1.82, 2.24) is 4.68 Å². The van der Waals surface area contributed by atoms with Crippen LogP contribution in [0.25, 0.3) is 0 Å². The first-order chi connectivity index (χ1) is 8.90. The smallest absolute Gasteiger partial charge is 0.335 e. The van der Waals surface area contributed by atoms with E-state index in [0.29, 0.717) is 0 Å². The average Bonchev–Trinajstić information content (AvgIpc) is 2.81. The number of carbonyl (C=O) groups is 1. The van der Waals surface area contributed by atoms with E-state index in [1.165, 1.54) is 12.4 Å². The van der Waals surface area contributed by atoms with E-state index in [4.69, 9.17) is 5.11 Å². The molecule has 0 aliphatic rings. The molecule has 100 valence electrons. The molecule has 0 saturated carbocycles. The molecule has 0 radical (unpaired) electrons. The van der Waals surface area contributed by atoms with Crippen molar-refractivity contribution in [2.24, 2.45) is 0 Å². The van der Waals surface area contributed by atoms with Crippen LogP contribution < -0.4 is 4.83 Å². The zero-order valence-electron chi connectivity index (χ0n) is 9.45. The van der Waals surface area contributed by atoms with Crippen molar-refractivity contribution in [3.05, 3.63) is 54.1 Å². The molecule has 8 heteroatoms. The fourth-order valence-electron chi connectivity index (χ4n) is 1.43. The van der Waals surface area contributed by atoms with E-state index in [9.17, 15) is 17.6 Å². The molecule has 0 unspecified atom stereocenters. The van der Waals surface area contributed by atoms with Crippen molar-refractivity contribution in [2.75, 3.05) is 4.83 Å². The monoisotopic (exact) mass is 284 g/mol. The van der Waals surface area contributed by atoms with E-state index in [0.717, 1.165) is 22.9 Å². The molecule has 6 nitrogen and oxygen atoms in total. The second-order valence-electron chi connectivity index (χ2n) is 3.64. The van der Waals surface area contributed by atoms with Crippen molar-refractivity contribution in [1.29, 1.82) is 0 Å². The Bertz CT molecular complexity index is 710. The molecule has 0 bridgehead atoms. The summed E-state index contributed by atoms with van der Waals surface area (Å²) in [5.41, 5.74) is -0.311. The van der Waals surface area contributed by atoms with Crippen LogP contribution in [0, 0.1) is 5.82 Å².